The van der Waals surface area contributed by atoms with Crippen LogP contribution in [0, 0.1) is 5.92 Å². The Morgan fingerprint density at radius 2 is 1.25 bits per heavy atom. The number of hydrogen-bond donors (Lipinski definition) is 5. The van der Waals surface area contributed by atoms with Gasteiger partial charge in [0.05, 0.1) is 7.11 Å². The number of hydrogen-bond acceptors (Lipinski definition) is 10. The van der Waals surface area contributed by atoms with Crippen LogP contribution in [0.2, 0.25) is 0 Å². The number of piperidine rings is 1. The van der Waals surface area contributed by atoms with E-state index < -0.39 is 76.8 Å². The summed E-state index contributed by atoms with van der Waals surface area (Å²) in [5, 5.41) is 14.0. The largest absolute Gasteiger partial charge is 0.467 e. The molecule has 17 nitrogen and oxygen atoms in total. The fourth-order valence-electron chi connectivity index (χ4n) is 7.13. The molecular formula is C47H71N7O10. The van der Waals surface area contributed by atoms with Crippen molar-refractivity contribution in [2.75, 3.05) is 33.8 Å². The average Bonchev–Trinajstić information content (AvgIpc) is 3.21. The van der Waals surface area contributed by atoms with Gasteiger partial charge in [-0.1, -0.05) is 74.5 Å². The lowest BCUT2D eigenvalue weighted by molar-refractivity contribution is -0.153. The van der Waals surface area contributed by atoms with E-state index in [1.807, 2.05) is 74.5 Å². The van der Waals surface area contributed by atoms with E-state index in [-0.39, 0.29) is 57.7 Å². The average molecular weight is 894 g/mol. The first-order valence-corrected chi connectivity index (χ1v) is 22.1. The van der Waals surface area contributed by atoms with Crippen LogP contribution in [0.3, 0.4) is 0 Å². The summed E-state index contributed by atoms with van der Waals surface area (Å²) in [5.41, 5.74) is -1.25. The first kappa shape index (κ1) is 52.5. The van der Waals surface area contributed by atoms with Crippen molar-refractivity contribution in [2.45, 2.75) is 142 Å². The molecule has 5 N–H and O–H groups in total. The van der Waals surface area contributed by atoms with Crippen molar-refractivity contribution >= 4 is 41.9 Å². The SMILES string of the molecule is COC(=O)C1(NC(=O)OC(C)(C)C)CCN(C(=O)[C@@H](CCCCNC(=O)OC(C)(C)C)NC(=O)[C@@H](CC(C)C)NC(=O)[C@@H](Cc2ccccc2)NC(=O)N(C)Cc2ccccc2)CC1. The number of amides is 7. The first-order valence-electron chi connectivity index (χ1n) is 22.1. The minimum atomic E-state index is -1.45. The van der Waals surface area contributed by atoms with Crippen LogP contribution in [0.15, 0.2) is 60.7 Å². The van der Waals surface area contributed by atoms with Crippen LogP contribution in [0.4, 0.5) is 14.4 Å². The molecule has 2 aromatic carbocycles. The van der Waals surface area contributed by atoms with Crippen molar-refractivity contribution in [1.82, 2.24) is 36.4 Å². The molecule has 1 aliphatic heterocycles. The number of esters is 1. The monoisotopic (exact) mass is 894 g/mol. The van der Waals surface area contributed by atoms with Gasteiger partial charge in [-0.25, -0.2) is 19.2 Å². The van der Waals surface area contributed by atoms with Crippen molar-refractivity contribution < 1.29 is 47.8 Å². The lowest BCUT2D eigenvalue weighted by Gasteiger charge is -2.41. The Morgan fingerprint density at radius 3 is 1.80 bits per heavy atom. The van der Waals surface area contributed by atoms with Crippen molar-refractivity contribution in [1.29, 1.82) is 0 Å². The third-order valence-corrected chi connectivity index (χ3v) is 10.3. The van der Waals surface area contributed by atoms with Gasteiger partial charge in [0, 0.05) is 39.6 Å². The number of urea groups is 1. The highest BCUT2D eigenvalue weighted by Gasteiger charge is 2.46. The second kappa shape index (κ2) is 24.3. The Balaban J connectivity index is 1.83. The molecule has 0 saturated carbocycles. The molecule has 1 saturated heterocycles. The molecule has 1 fully saturated rings. The van der Waals surface area contributed by atoms with Crippen LogP contribution >= 0.6 is 0 Å². The topological polar surface area (TPSA) is 214 Å². The molecule has 0 unspecified atom stereocenters. The van der Waals surface area contributed by atoms with Gasteiger partial charge in [0.15, 0.2) is 0 Å². The van der Waals surface area contributed by atoms with E-state index >= 15 is 0 Å². The second-order valence-electron chi connectivity index (χ2n) is 18.7. The van der Waals surface area contributed by atoms with Crippen LogP contribution in [0.5, 0.6) is 0 Å². The summed E-state index contributed by atoms with van der Waals surface area (Å²) in [6, 6.07) is 15.0. The van der Waals surface area contributed by atoms with Crippen LogP contribution in [-0.4, -0.2) is 120 Å². The number of nitrogens with zero attached hydrogens (tertiary/aromatic N) is 2. The zero-order chi connectivity index (χ0) is 47.7. The molecule has 1 aliphatic rings. The summed E-state index contributed by atoms with van der Waals surface area (Å²) in [6.07, 6.45) is 0.0807. The minimum absolute atomic E-state index is 0.0201. The van der Waals surface area contributed by atoms with E-state index in [4.69, 9.17) is 14.2 Å². The number of alkyl carbamates (subject to hydrolysis) is 2. The molecule has 1 heterocycles. The number of likely N-dealkylation sites (tertiary alicyclic amines) is 1. The number of carbonyl (C=O) groups excluding carboxylic acids is 7. The predicted molar refractivity (Wildman–Crippen MR) is 242 cm³/mol. The molecule has 7 amide bonds. The molecule has 64 heavy (non-hydrogen) atoms. The van der Waals surface area contributed by atoms with E-state index in [0.29, 0.717) is 19.4 Å². The summed E-state index contributed by atoms with van der Waals surface area (Å²) in [5.74, 6) is -2.32. The standard InChI is InChI=1S/C47H71N7O10/c1-32(2)29-36(50-39(56)37(30-33-19-13-11-14-20-33)51-42(59)53(9)31-34-21-15-12-16-22-34)38(55)49-35(23-17-18-26-48-43(60)63-45(3,4)5)40(57)54-27-24-47(25-28-54,41(58)62-10)52-44(61)64-46(6,7)8/h11-16,19-22,32,35-37H,17-18,23-31H2,1-10H3,(H,48,60)(H,49,55)(H,50,56)(H,51,59)(H,52,61)/t35-,36-,37-/m1/s1. The molecule has 0 aromatic heterocycles. The van der Waals surface area contributed by atoms with Gasteiger partial charge in [0.1, 0.15) is 34.9 Å². The van der Waals surface area contributed by atoms with Crippen LogP contribution in [0.25, 0.3) is 0 Å². The molecular weight excluding hydrogens is 823 g/mol. The number of rotatable bonds is 19. The molecule has 2 aromatic rings. The van der Waals surface area contributed by atoms with Gasteiger partial charge in [0.25, 0.3) is 0 Å². The molecule has 3 rings (SSSR count). The van der Waals surface area contributed by atoms with Crippen molar-refractivity contribution in [2.24, 2.45) is 5.92 Å². The van der Waals surface area contributed by atoms with Gasteiger partial charge in [-0.05, 0) is 97.1 Å². The molecule has 0 aliphatic carbocycles. The fraction of sp³-hybridized carbons (Fsp3) is 0.596. The molecule has 0 spiro atoms. The van der Waals surface area contributed by atoms with E-state index in [0.717, 1.165) is 11.1 Å². The van der Waals surface area contributed by atoms with Crippen LogP contribution in [0.1, 0.15) is 105 Å². The normalized spacial score (nSPS) is 15.1. The maximum Gasteiger partial charge on any atom is 0.408 e. The van der Waals surface area contributed by atoms with Gasteiger partial charge in [0.2, 0.25) is 17.7 Å². The Hall–Kier alpha value is -5.87. The van der Waals surface area contributed by atoms with E-state index in [2.05, 4.69) is 26.6 Å². The highest BCUT2D eigenvalue weighted by atomic mass is 16.6. The summed E-state index contributed by atoms with van der Waals surface area (Å²) >= 11 is 0. The zero-order valence-electron chi connectivity index (χ0n) is 39.3. The quantitative estimate of drug-likeness (QED) is 0.0706. The highest BCUT2D eigenvalue weighted by Crippen LogP contribution is 2.26. The number of ether oxygens (including phenoxy) is 3. The summed E-state index contributed by atoms with van der Waals surface area (Å²) in [7, 11) is 2.85. The van der Waals surface area contributed by atoms with E-state index in [1.165, 1.54) is 16.9 Å². The third-order valence-electron chi connectivity index (χ3n) is 10.3. The molecule has 354 valence electrons. The minimum Gasteiger partial charge on any atom is -0.467 e. The maximum absolute atomic E-state index is 14.4. The van der Waals surface area contributed by atoms with Gasteiger partial charge in [-0.3, -0.25) is 14.4 Å². The van der Waals surface area contributed by atoms with Gasteiger partial charge in [-0.2, -0.15) is 0 Å². The Labute approximate surface area is 378 Å². The van der Waals surface area contributed by atoms with Crippen molar-refractivity contribution in [3.8, 4) is 0 Å². The third kappa shape index (κ3) is 18.1. The van der Waals surface area contributed by atoms with Crippen molar-refractivity contribution in [3.05, 3.63) is 71.8 Å². The predicted octanol–water partition coefficient (Wildman–Crippen LogP) is 5.21. The number of unbranched alkanes of at least 4 members (excludes halogenated alkanes) is 1. The lowest BCUT2D eigenvalue weighted by Crippen LogP contribution is -2.63. The fourth-order valence-corrected chi connectivity index (χ4v) is 7.13. The zero-order valence-corrected chi connectivity index (χ0v) is 39.3. The number of benzene rings is 2. The van der Waals surface area contributed by atoms with E-state index in [1.54, 1.807) is 48.6 Å². The lowest BCUT2D eigenvalue weighted by atomic mass is 9.87. The summed E-state index contributed by atoms with van der Waals surface area (Å²) < 4.78 is 15.8. The van der Waals surface area contributed by atoms with Crippen LogP contribution < -0.4 is 26.6 Å². The van der Waals surface area contributed by atoms with Gasteiger partial charge < -0.3 is 50.6 Å². The Morgan fingerprint density at radius 1 is 0.719 bits per heavy atom. The number of methoxy groups -OCH3 is 1. The Bertz CT molecular complexity index is 1860. The van der Waals surface area contributed by atoms with Crippen molar-refractivity contribution in [3.63, 3.8) is 0 Å². The highest BCUT2D eigenvalue weighted by molar-refractivity contribution is 5.94. The second-order valence-corrected chi connectivity index (χ2v) is 18.7. The van der Waals surface area contributed by atoms with Gasteiger partial charge >= 0.3 is 24.2 Å². The molecule has 0 bridgehead atoms. The van der Waals surface area contributed by atoms with Gasteiger partial charge in [-0.15, -0.1) is 0 Å². The molecule has 3 atom stereocenters. The number of carbonyl (C=O) groups is 7. The first-order chi connectivity index (χ1) is 30.0. The molecule has 0 radical (unpaired) electrons. The van der Waals surface area contributed by atoms with Crippen LogP contribution in [-0.2, 0) is 46.4 Å². The smallest absolute Gasteiger partial charge is 0.408 e. The Kier molecular flexibility index (Phi) is 19.9. The number of nitrogens with one attached hydrogen (secondary N) is 5. The summed E-state index contributed by atoms with van der Waals surface area (Å²) in [6.45, 7) is 14.8. The van der Waals surface area contributed by atoms with E-state index in [9.17, 15) is 33.6 Å². The summed E-state index contributed by atoms with van der Waals surface area (Å²) in [4.78, 5) is 97.5. The maximum atomic E-state index is 14.4. The molecule has 17 heteroatoms.